The highest BCUT2D eigenvalue weighted by Gasteiger charge is 2.12. The van der Waals surface area contributed by atoms with E-state index in [9.17, 15) is 13.2 Å². The van der Waals surface area contributed by atoms with Gasteiger partial charge in [0.25, 0.3) is 0 Å². The number of carboxylic acid groups (broad SMARTS) is 1. The summed E-state index contributed by atoms with van der Waals surface area (Å²) in [5.41, 5.74) is 0.706. The lowest BCUT2D eigenvalue weighted by Crippen LogP contribution is -2.31. The second kappa shape index (κ2) is 7.42. The van der Waals surface area contributed by atoms with Crippen LogP contribution in [0.2, 0.25) is 5.02 Å². The van der Waals surface area contributed by atoms with Gasteiger partial charge in [-0.05, 0) is 37.1 Å². The number of sulfonamides is 1. The van der Waals surface area contributed by atoms with Crippen LogP contribution in [-0.2, 0) is 14.8 Å². The van der Waals surface area contributed by atoms with Gasteiger partial charge >= 0.3 is 5.97 Å². The quantitative estimate of drug-likeness (QED) is 0.809. The number of carboxylic acids is 1. The van der Waals surface area contributed by atoms with Gasteiger partial charge < -0.3 is 5.11 Å². The average Bonchev–Trinajstić information content (AvgIpc) is 2.35. The summed E-state index contributed by atoms with van der Waals surface area (Å²) in [6.07, 6.45) is 1.61. The summed E-state index contributed by atoms with van der Waals surface area (Å²) < 4.78 is 25.9. The minimum Gasteiger partial charge on any atom is -0.481 e. The number of benzene rings is 1. The summed E-state index contributed by atoms with van der Waals surface area (Å²) in [5, 5.41) is 10.2. The van der Waals surface area contributed by atoms with Gasteiger partial charge in [-0.2, -0.15) is 0 Å². The van der Waals surface area contributed by atoms with Gasteiger partial charge in [0.15, 0.2) is 0 Å². The van der Waals surface area contributed by atoms with Gasteiger partial charge in [-0.3, -0.25) is 4.79 Å². The van der Waals surface area contributed by atoms with Crippen molar-refractivity contribution in [2.75, 3.05) is 0 Å². The highest BCUT2D eigenvalue weighted by atomic mass is 35.5. The van der Waals surface area contributed by atoms with Crippen LogP contribution < -0.4 is 4.72 Å². The first-order valence-electron chi connectivity index (χ1n) is 5.96. The van der Waals surface area contributed by atoms with Crippen LogP contribution in [0.4, 0.5) is 0 Å². The molecule has 1 unspecified atom stereocenters. The molecule has 7 heteroatoms. The first kappa shape index (κ1) is 16.7. The molecule has 110 valence electrons. The lowest BCUT2D eigenvalue weighted by Gasteiger charge is -2.10. The summed E-state index contributed by atoms with van der Waals surface area (Å²) >= 11 is 5.73. The third kappa shape index (κ3) is 6.70. The Hall–Kier alpha value is -1.37. The van der Waals surface area contributed by atoms with E-state index in [1.54, 1.807) is 31.2 Å². The molecule has 5 nitrogen and oxygen atoms in total. The summed E-state index contributed by atoms with van der Waals surface area (Å²) in [6, 6.07) is 6.28. The first-order valence-corrected chi connectivity index (χ1v) is 7.89. The summed E-state index contributed by atoms with van der Waals surface area (Å²) in [6.45, 7) is 1.62. The van der Waals surface area contributed by atoms with Gasteiger partial charge in [0.05, 0.1) is 0 Å². The third-order valence-electron chi connectivity index (χ3n) is 2.47. The van der Waals surface area contributed by atoms with Crippen LogP contribution in [0.15, 0.2) is 29.7 Å². The number of hydrogen-bond acceptors (Lipinski definition) is 3. The van der Waals surface area contributed by atoms with Crippen LogP contribution in [0.1, 0.15) is 25.3 Å². The zero-order chi connectivity index (χ0) is 15.2. The molecular formula is C13H16ClNO4S. The van der Waals surface area contributed by atoms with E-state index in [1.165, 1.54) is 6.08 Å². The molecule has 0 aliphatic rings. The van der Waals surface area contributed by atoms with Crippen LogP contribution in [0.5, 0.6) is 0 Å². The predicted molar refractivity (Wildman–Crippen MR) is 78.9 cm³/mol. The number of hydrogen-bond donors (Lipinski definition) is 2. The third-order valence-corrected chi connectivity index (χ3v) is 3.94. The maximum Gasteiger partial charge on any atom is 0.303 e. The smallest absolute Gasteiger partial charge is 0.303 e. The number of halogens is 1. The predicted octanol–water partition coefficient (Wildman–Crippen LogP) is 2.48. The zero-order valence-corrected chi connectivity index (χ0v) is 12.5. The monoisotopic (exact) mass is 317 g/mol. The maximum atomic E-state index is 11.8. The zero-order valence-electron chi connectivity index (χ0n) is 10.9. The minimum absolute atomic E-state index is 0.0788. The Kier molecular flexibility index (Phi) is 6.19. The average molecular weight is 318 g/mol. The second-order valence-electron chi connectivity index (χ2n) is 4.35. The van der Waals surface area contributed by atoms with Crippen LogP contribution in [0.3, 0.4) is 0 Å². The second-order valence-corrected chi connectivity index (χ2v) is 6.38. The molecule has 0 fully saturated rings. The van der Waals surface area contributed by atoms with E-state index in [2.05, 4.69) is 4.72 Å². The van der Waals surface area contributed by atoms with E-state index >= 15 is 0 Å². The molecule has 0 aromatic heterocycles. The van der Waals surface area contributed by atoms with Crippen molar-refractivity contribution in [3.63, 3.8) is 0 Å². The van der Waals surface area contributed by atoms with Crippen LogP contribution in [0.25, 0.3) is 6.08 Å². The Morgan fingerprint density at radius 2 is 2.00 bits per heavy atom. The molecule has 0 heterocycles. The van der Waals surface area contributed by atoms with Crippen molar-refractivity contribution in [3.8, 4) is 0 Å². The maximum absolute atomic E-state index is 11.8. The molecule has 0 aliphatic heterocycles. The van der Waals surface area contributed by atoms with Gasteiger partial charge in [-0.25, -0.2) is 13.1 Å². The Morgan fingerprint density at radius 1 is 1.40 bits per heavy atom. The fraction of sp³-hybridized carbons (Fsp3) is 0.308. The Labute approximate surface area is 123 Å². The van der Waals surface area contributed by atoms with E-state index in [-0.39, 0.29) is 12.8 Å². The molecule has 0 radical (unpaired) electrons. The largest absolute Gasteiger partial charge is 0.481 e. The summed E-state index contributed by atoms with van der Waals surface area (Å²) in [4.78, 5) is 10.4. The molecule has 0 bridgehead atoms. The number of carbonyl (C=O) groups is 1. The van der Waals surface area contributed by atoms with E-state index in [0.29, 0.717) is 10.6 Å². The van der Waals surface area contributed by atoms with Gasteiger partial charge in [0.1, 0.15) is 0 Å². The molecule has 1 atom stereocenters. The molecule has 0 spiro atoms. The highest BCUT2D eigenvalue weighted by molar-refractivity contribution is 7.92. The van der Waals surface area contributed by atoms with Gasteiger partial charge in [0, 0.05) is 22.9 Å². The van der Waals surface area contributed by atoms with Crippen molar-refractivity contribution in [3.05, 3.63) is 40.3 Å². The standard InChI is InChI=1S/C13H16ClNO4S/c1-10(2-7-13(16)17)15-20(18,19)9-8-11-3-5-12(14)6-4-11/h3-6,8-10,15H,2,7H2,1H3,(H,16,17). The molecule has 1 aromatic carbocycles. The van der Waals surface area contributed by atoms with Crippen LogP contribution >= 0.6 is 11.6 Å². The fourth-order valence-electron chi connectivity index (χ4n) is 1.46. The number of aliphatic carboxylic acids is 1. The van der Waals surface area contributed by atoms with E-state index in [0.717, 1.165) is 5.41 Å². The van der Waals surface area contributed by atoms with Crippen molar-refractivity contribution in [1.29, 1.82) is 0 Å². The lowest BCUT2D eigenvalue weighted by atomic mass is 10.2. The highest BCUT2D eigenvalue weighted by Crippen LogP contribution is 2.11. The molecule has 0 amide bonds. The topological polar surface area (TPSA) is 83.5 Å². The SMILES string of the molecule is CC(CCC(=O)O)NS(=O)(=O)C=Cc1ccc(Cl)cc1. The summed E-state index contributed by atoms with van der Waals surface area (Å²) in [5.74, 6) is -0.951. The van der Waals surface area contributed by atoms with Gasteiger partial charge in [-0.1, -0.05) is 23.7 Å². The van der Waals surface area contributed by atoms with E-state index < -0.39 is 22.0 Å². The number of rotatable bonds is 7. The molecule has 20 heavy (non-hydrogen) atoms. The molecule has 2 N–H and O–H groups in total. The Bertz CT molecular complexity index is 581. The number of nitrogens with one attached hydrogen (secondary N) is 1. The Balaban J connectivity index is 2.60. The normalized spacial score (nSPS) is 13.5. The molecular weight excluding hydrogens is 302 g/mol. The van der Waals surface area contributed by atoms with E-state index in [1.807, 2.05) is 0 Å². The van der Waals surface area contributed by atoms with Crippen molar-refractivity contribution < 1.29 is 18.3 Å². The van der Waals surface area contributed by atoms with Crippen molar-refractivity contribution >= 4 is 33.7 Å². The fourth-order valence-corrected chi connectivity index (χ4v) is 2.68. The molecule has 0 aliphatic carbocycles. The van der Waals surface area contributed by atoms with Crippen LogP contribution in [0, 0.1) is 0 Å². The lowest BCUT2D eigenvalue weighted by molar-refractivity contribution is -0.137. The van der Waals surface area contributed by atoms with Gasteiger partial charge in [-0.15, -0.1) is 0 Å². The molecule has 1 aromatic rings. The van der Waals surface area contributed by atoms with Crippen LogP contribution in [-0.4, -0.2) is 25.5 Å². The molecule has 1 rings (SSSR count). The molecule has 0 saturated heterocycles. The van der Waals surface area contributed by atoms with Gasteiger partial charge in [0.2, 0.25) is 10.0 Å². The Morgan fingerprint density at radius 3 is 2.55 bits per heavy atom. The summed E-state index contributed by atoms with van der Waals surface area (Å²) in [7, 11) is -3.59. The van der Waals surface area contributed by atoms with E-state index in [4.69, 9.17) is 16.7 Å². The molecule has 0 saturated carbocycles. The van der Waals surface area contributed by atoms with Crippen molar-refractivity contribution in [2.24, 2.45) is 0 Å². The van der Waals surface area contributed by atoms with Crippen molar-refractivity contribution in [2.45, 2.75) is 25.8 Å². The van der Waals surface area contributed by atoms with Crippen molar-refractivity contribution in [1.82, 2.24) is 4.72 Å². The minimum atomic E-state index is -3.59. The first-order chi connectivity index (χ1) is 9.28.